The third kappa shape index (κ3) is 4.59. The molecule has 0 amide bonds. The first-order valence-corrected chi connectivity index (χ1v) is 7.36. The Morgan fingerprint density at radius 3 is 2.33 bits per heavy atom. The molecule has 0 aliphatic heterocycles. The number of anilines is 1. The molecule has 0 unspecified atom stereocenters. The minimum Gasteiger partial charge on any atom is -0.395 e. The zero-order valence-corrected chi connectivity index (χ0v) is 12.8. The number of halogens is 1. The van der Waals surface area contributed by atoms with Crippen LogP contribution >= 0.6 is 11.6 Å². The number of nitrogens with zero attached hydrogens (tertiary/aromatic N) is 2. The highest BCUT2D eigenvalue weighted by Crippen LogP contribution is 2.19. The van der Waals surface area contributed by atoms with E-state index in [9.17, 15) is 0 Å². The molecule has 0 saturated heterocycles. The minimum absolute atomic E-state index is 0.157. The molecule has 0 aliphatic rings. The van der Waals surface area contributed by atoms with Gasteiger partial charge < -0.3 is 10.0 Å². The van der Waals surface area contributed by atoms with Crippen LogP contribution in [0.5, 0.6) is 0 Å². The molecule has 21 heavy (non-hydrogen) atoms. The molecule has 0 aromatic heterocycles. The lowest BCUT2D eigenvalue weighted by molar-refractivity contribution is 0.302. The normalized spacial score (nSPS) is 11.0. The van der Waals surface area contributed by atoms with Crippen LogP contribution in [0.15, 0.2) is 53.5 Å². The lowest BCUT2D eigenvalue weighted by atomic mass is 10.2. The van der Waals surface area contributed by atoms with Gasteiger partial charge in [-0.15, -0.1) is 0 Å². The Balaban J connectivity index is 2.06. The third-order valence-electron chi connectivity index (χ3n) is 3.20. The summed E-state index contributed by atoms with van der Waals surface area (Å²) in [5.74, 6) is 0. The second-order valence-corrected chi connectivity index (χ2v) is 5.07. The summed E-state index contributed by atoms with van der Waals surface area (Å²) in [5, 5.41) is 9.76. The van der Waals surface area contributed by atoms with E-state index in [4.69, 9.17) is 16.7 Å². The molecule has 2 rings (SSSR count). The van der Waals surface area contributed by atoms with Crippen molar-refractivity contribution in [2.75, 3.05) is 24.6 Å². The quantitative estimate of drug-likeness (QED) is 0.821. The highest BCUT2D eigenvalue weighted by atomic mass is 35.5. The van der Waals surface area contributed by atoms with Crippen molar-refractivity contribution in [3.63, 3.8) is 0 Å². The molecular formula is C17H19ClN2O. The van der Waals surface area contributed by atoms with Crippen LogP contribution in [-0.4, -0.2) is 31.0 Å². The average Bonchev–Trinajstić information content (AvgIpc) is 2.53. The van der Waals surface area contributed by atoms with Gasteiger partial charge in [0, 0.05) is 30.0 Å². The predicted molar refractivity (Wildman–Crippen MR) is 90.1 cm³/mol. The first-order chi connectivity index (χ1) is 10.2. The van der Waals surface area contributed by atoms with E-state index in [0.717, 1.165) is 28.5 Å². The Bertz CT molecular complexity index is 579. The number of hydrogen-bond acceptors (Lipinski definition) is 3. The number of aliphatic hydroxyl groups excluding tert-OH is 1. The molecule has 0 saturated carbocycles. The van der Waals surface area contributed by atoms with Crippen molar-refractivity contribution in [2.24, 2.45) is 4.99 Å². The van der Waals surface area contributed by atoms with E-state index in [-0.39, 0.29) is 6.61 Å². The molecule has 2 aromatic carbocycles. The largest absolute Gasteiger partial charge is 0.395 e. The first-order valence-electron chi connectivity index (χ1n) is 6.98. The van der Waals surface area contributed by atoms with Crippen LogP contribution in [0.2, 0.25) is 5.02 Å². The van der Waals surface area contributed by atoms with Gasteiger partial charge in [-0.25, -0.2) is 0 Å². The standard InChI is InChI=1S/C17H19ClN2O/c1-2-20(11-12-21)17-9-7-16(8-10-17)19-13-14-3-5-15(18)6-4-14/h3-10,13,21H,2,11-12H2,1H3. The average molecular weight is 303 g/mol. The Morgan fingerprint density at radius 1 is 1.10 bits per heavy atom. The number of aliphatic imine (C=N–C) groups is 1. The number of likely N-dealkylation sites (N-methyl/N-ethyl adjacent to an activating group) is 1. The van der Waals surface area contributed by atoms with Crippen LogP contribution < -0.4 is 4.90 Å². The van der Waals surface area contributed by atoms with Gasteiger partial charge in [0.2, 0.25) is 0 Å². The lowest BCUT2D eigenvalue weighted by Crippen LogP contribution is -2.25. The van der Waals surface area contributed by atoms with Crippen LogP contribution in [0.4, 0.5) is 11.4 Å². The van der Waals surface area contributed by atoms with E-state index >= 15 is 0 Å². The van der Waals surface area contributed by atoms with Crippen LogP contribution in [0.25, 0.3) is 0 Å². The zero-order chi connectivity index (χ0) is 15.1. The van der Waals surface area contributed by atoms with Crippen molar-refractivity contribution in [1.82, 2.24) is 0 Å². The van der Waals surface area contributed by atoms with Crippen molar-refractivity contribution in [3.05, 3.63) is 59.1 Å². The number of aliphatic hydroxyl groups is 1. The maximum atomic E-state index is 9.04. The van der Waals surface area contributed by atoms with Gasteiger partial charge in [0.1, 0.15) is 0 Å². The summed E-state index contributed by atoms with van der Waals surface area (Å²) in [7, 11) is 0. The van der Waals surface area contributed by atoms with Gasteiger partial charge in [-0.1, -0.05) is 23.7 Å². The van der Waals surface area contributed by atoms with Gasteiger partial charge in [0.05, 0.1) is 12.3 Å². The fourth-order valence-corrected chi connectivity index (χ4v) is 2.16. The van der Waals surface area contributed by atoms with E-state index < -0.39 is 0 Å². The SMILES string of the molecule is CCN(CCO)c1ccc(N=Cc2ccc(Cl)cc2)cc1. The fraction of sp³-hybridized carbons (Fsp3) is 0.235. The smallest absolute Gasteiger partial charge is 0.0631 e. The summed E-state index contributed by atoms with van der Waals surface area (Å²) in [6.45, 7) is 3.74. The number of hydrogen-bond donors (Lipinski definition) is 1. The lowest BCUT2D eigenvalue weighted by Gasteiger charge is -2.21. The molecule has 0 atom stereocenters. The van der Waals surface area contributed by atoms with E-state index in [2.05, 4.69) is 16.8 Å². The van der Waals surface area contributed by atoms with Gasteiger partial charge in [0.25, 0.3) is 0 Å². The first kappa shape index (κ1) is 15.5. The van der Waals surface area contributed by atoms with Gasteiger partial charge in [-0.3, -0.25) is 4.99 Å². The topological polar surface area (TPSA) is 35.8 Å². The third-order valence-corrected chi connectivity index (χ3v) is 3.45. The van der Waals surface area contributed by atoms with E-state index in [1.807, 2.05) is 54.7 Å². The summed E-state index contributed by atoms with van der Waals surface area (Å²) >= 11 is 5.85. The van der Waals surface area contributed by atoms with Crippen molar-refractivity contribution < 1.29 is 5.11 Å². The second-order valence-electron chi connectivity index (χ2n) is 4.63. The number of benzene rings is 2. The second kappa shape index (κ2) is 7.81. The van der Waals surface area contributed by atoms with Crippen LogP contribution in [0.1, 0.15) is 12.5 Å². The summed E-state index contributed by atoms with van der Waals surface area (Å²) < 4.78 is 0. The molecule has 4 heteroatoms. The highest BCUT2D eigenvalue weighted by Gasteiger charge is 2.02. The Kier molecular flexibility index (Phi) is 5.78. The van der Waals surface area contributed by atoms with Crippen LogP contribution in [-0.2, 0) is 0 Å². The Morgan fingerprint density at radius 2 is 1.76 bits per heavy atom. The van der Waals surface area contributed by atoms with Gasteiger partial charge in [-0.2, -0.15) is 0 Å². The molecule has 0 bridgehead atoms. The van der Waals surface area contributed by atoms with E-state index in [1.54, 1.807) is 0 Å². The molecular weight excluding hydrogens is 284 g/mol. The molecule has 0 radical (unpaired) electrons. The molecule has 2 aromatic rings. The maximum Gasteiger partial charge on any atom is 0.0631 e. The van der Waals surface area contributed by atoms with Crippen LogP contribution in [0, 0.1) is 0 Å². The molecule has 1 N–H and O–H groups in total. The van der Waals surface area contributed by atoms with Gasteiger partial charge in [-0.05, 0) is 48.9 Å². The summed E-state index contributed by atoms with van der Waals surface area (Å²) in [5.41, 5.74) is 3.00. The van der Waals surface area contributed by atoms with Crippen molar-refractivity contribution >= 4 is 29.2 Å². The Labute approximate surface area is 130 Å². The molecule has 0 heterocycles. The number of rotatable bonds is 6. The Hall–Kier alpha value is -1.84. The molecule has 0 fully saturated rings. The van der Waals surface area contributed by atoms with Crippen molar-refractivity contribution in [1.29, 1.82) is 0 Å². The zero-order valence-electron chi connectivity index (χ0n) is 12.0. The van der Waals surface area contributed by atoms with Crippen LogP contribution in [0.3, 0.4) is 0 Å². The highest BCUT2D eigenvalue weighted by molar-refractivity contribution is 6.30. The molecule has 0 aliphatic carbocycles. The van der Waals surface area contributed by atoms with Crippen molar-refractivity contribution in [3.8, 4) is 0 Å². The maximum absolute atomic E-state index is 9.04. The minimum atomic E-state index is 0.157. The predicted octanol–water partition coefficient (Wildman–Crippen LogP) is 3.91. The van der Waals surface area contributed by atoms with E-state index in [1.165, 1.54) is 0 Å². The summed E-state index contributed by atoms with van der Waals surface area (Å²) in [6.07, 6.45) is 1.82. The molecule has 0 spiro atoms. The monoisotopic (exact) mass is 302 g/mol. The summed E-state index contributed by atoms with van der Waals surface area (Å²) in [6, 6.07) is 15.5. The van der Waals surface area contributed by atoms with Gasteiger partial charge >= 0.3 is 0 Å². The van der Waals surface area contributed by atoms with Crippen molar-refractivity contribution in [2.45, 2.75) is 6.92 Å². The van der Waals surface area contributed by atoms with E-state index in [0.29, 0.717) is 6.54 Å². The van der Waals surface area contributed by atoms with Gasteiger partial charge in [0.15, 0.2) is 0 Å². The molecule has 3 nitrogen and oxygen atoms in total. The fourth-order valence-electron chi connectivity index (χ4n) is 2.04. The summed E-state index contributed by atoms with van der Waals surface area (Å²) in [4.78, 5) is 6.56. The molecule has 110 valence electrons.